The van der Waals surface area contributed by atoms with Gasteiger partial charge in [-0.15, -0.1) is 0 Å². The summed E-state index contributed by atoms with van der Waals surface area (Å²) in [5.74, 6) is 3.13. The summed E-state index contributed by atoms with van der Waals surface area (Å²) >= 11 is 0. The summed E-state index contributed by atoms with van der Waals surface area (Å²) in [6.45, 7) is 5.62. The fourth-order valence-electron chi connectivity index (χ4n) is 3.27. The number of hydrogen-bond acceptors (Lipinski definition) is 5. The zero-order valence-corrected chi connectivity index (χ0v) is 16.8. The quantitative estimate of drug-likeness (QED) is 0.432. The topological polar surface area (TPSA) is 64.1 Å². The van der Waals surface area contributed by atoms with Gasteiger partial charge >= 0.3 is 0 Å². The SMILES string of the molecule is Cc1oc(-c2ccccc2)nc1CCNCCc1nc(-c2ccccc2)oc1C. The molecule has 0 amide bonds. The number of nitrogens with one attached hydrogen (secondary N) is 1. The highest BCUT2D eigenvalue weighted by Gasteiger charge is 2.12. The van der Waals surface area contributed by atoms with Crippen LogP contribution in [-0.2, 0) is 12.8 Å². The zero-order chi connectivity index (χ0) is 20.1. The molecule has 0 radical (unpaired) electrons. The average molecular weight is 387 g/mol. The monoisotopic (exact) mass is 387 g/mol. The third-order valence-corrected chi connectivity index (χ3v) is 4.90. The standard InChI is InChI=1S/C24H25N3O2/c1-17-21(26-23(28-17)19-9-5-3-6-10-19)13-15-25-16-14-22-18(2)29-24(27-22)20-11-7-4-8-12-20/h3-12,25H,13-16H2,1-2H3. The number of nitrogens with zero attached hydrogens (tertiary/aromatic N) is 2. The zero-order valence-electron chi connectivity index (χ0n) is 16.8. The molecule has 4 aromatic rings. The lowest BCUT2D eigenvalue weighted by molar-refractivity contribution is 0.537. The van der Waals surface area contributed by atoms with Gasteiger partial charge in [0.25, 0.3) is 0 Å². The van der Waals surface area contributed by atoms with Gasteiger partial charge in [0, 0.05) is 37.1 Å². The van der Waals surface area contributed by atoms with Crippen LogP contribution in [0.25, 0.3) is 22.9 Å². The van der Waals surface area contributed by atoms with E-state index in [0.29, 0.717) is 11.8 Å². The predicted octanol–water partition coefficient (Wildman–Crippen LogP) is 4.99. The lowest BCUT2D eigenvalue weighted by Crippen LogP contribution is -2.20. The molecule has 0 unspecified atom stereocenters. The van der Waals surface area contributed by atoms with Gasteiger partial charge in [0.1, 0.15) is 11.5 Å². The van der Waals surface area contributed by atoms with Gasteiger partial charge in [0.2, 0.25) is 11.8 Å². The molecule has 29 heavy (non-hydrogen) atoms. The summed E-state index contributed by atoms with van der Waals surface area (Å²) in [6.07, 6.45) is 1.66. The van der Waals surface area contributed by atoms with E-state index < -0.39 is 0 Å². The van der Waals surface area contributed by atoms with Crippen LogP contribution in [0.1, 0.15) is 22.9 Å². The first-order valence-corrected chi connectivity index (χ1v) is 9.95. The third-order valence-electron chi connectivity index (χ3n) is 4.90. The first-order valence-electron chi connectivity index (χ1n) is 9.95. The van der Waals surface area contributed by atoms with Crippen molar-refractivity contribution < 1.29 is 8.83 Å². The van der Waals surface area contributed by atoms with E-state index in [1.54, 1.807) is 0 Å². The summed E-state index contributed by atoms with van der Waals surface area (Å²) in [5, 5.41) is 3.47. The minimum atomic E-state index is 0.685. The van der Waals surface area contributed by atoms with Gasteiger partial charge in [0.05, 0.1) is 11.4 Å². The maximum Gasteiger partial charge on any atom is 0.226 e. The van der Waals surface area contributed by atoms with Gasteiger partial charge in [-0.25, -0.2) is 9.97 Å². The largest absolute Gasteiger partial charge is 0.441 e. The van der Waals surface area contributed by atoms with E-state index in [0.717, 1.165) is 60.0 Å². The second kappa shape index (κ2) is 8.88. The molecule has 5 nitrogen and oxygen atoms in total. The van der Waals surface area contributed by atoms with E-state index in [1.165, 1.54) is 0 Å². The highest BCUT2D eigenvalue weighted by atomic mass is 16.4. The van der Waals surface area contributed by atoms with Gasteiger partial charge in [-0.1, -0.05) is 36.4 Å². The molecule has 0 saturated heterocycles. The van der Waals surface area contributed by atoms with Crippen molar-refractivity contribution in [2.24, 2.45) is 0 Å². The first kappa shape index (κ1) is 19.2. The van der Waals surface area contributed by atoms with E-state index in [1.807, 2.05) is 74.5 Å². The summed E-state index contributed by atoms with van der Waals surface area (Å²) in [6, 6.07) is 20.0. The molecule has 5 heteroatoms. The molecule has 0 atom stereocenters. The van der Waals surface area contributed by atoms with Crippen LogP contribution in [0.15, 0.2) is 69.5 Å². The maximum absolute atomic E-state index is 5.83. The van der Waals surface area contributed by atoms with Crippen molar-refractivity contribution in [3.8, 4) is 22.9 Å². The summed E-state index contributed by atoms with van der Waals surface area (Å²) in [7, 11) is 0. The Balaban J connectivity index is 1.28. The molecule has 148 valence electrons. The normalized spacial score (nSPS) is 11.1. The average Bonchev–Trinajstić information content (AvgIpc) is 3.32. The molecule has 0 bridgehead atoms. The van der Waals surface area contributed by atoms with Crippen molar-refractivity contribution in [3.05, 3.63) is 83.6 Å². The predicted molar refractivity (Wildman–Crippen MR) is 114 cm³/mol. The second-order valence-electron chi connectivity index (χ2n) is 7.03. The molecule has 4 rings (SSSR count). The molecule has 2 aromatic heterocycles. The van der Waals surface area contributed by atoms with E-state index in [2.05, 4.69) is 15.3 Å². The van der Waals surface area contributed by atoms with Crippen molar-refractivity contribution in [1.82, 2.24) is 15.3 Å². The van der Waals surface area contributed by atoms with Gasteiger partial charge in [-0.3, -0.25) is 0 Å². The summed E-state index contributed by atoms with van der Waals surface area (Å²) in [4.78, 5) is 9.31. The van der Waals surface area contributed by atoms with E-state index in [4.69, 9.17) is 8.83 Å². The van der Waals surface area contributed by atoms with Gasteiger partial charge in [-0.2, -0.15) is 0 Å². The Bertz CT molecular complexity index is 967. The Morgan fingerprint density at radius 1 is 0.655 bits per heavy atom. The number of benzene rings is 2. The third kappa shape index (κ3) is 4.63. The van der Waals surface area contributed by atoms with Crippen molar-refractivity contribution in [2.75, 3.05) is 13.1 Å². The lowest BCUT2D eigenvalue weighted by Gasteiger charge is -2.02. The van der Waals surface area contributed by atoms with Crippen LogP contribution in [0, 0.1) is 13.8 Å². The van der Waals surface area contributed by atoms with E-state index in [-0.39, 0.29) is 0 Å². The van der Waals surface area contributed by atoms with E-state index >= 15 is 0 Å². The number of aromatic nitrogens is 2. The molecule has 0 spiro atoms. The molecule has 0 saturated carbocycles. The highest BCUT2D eigenvalue weighted by Crippen LogP contribution is 2.22. The van der Waals surface area contributed by atoms with E-state index in [9.17, 15) is 0 Å². The number of rotatable bonds is 8. The Morgan fingerprint density at radius 2 is 1.07 bits per heavy atom. The smallest absolute Gasteiger partial charge is 0.226 e. The molecule has 1 N–H and O–H groups in total. The molecular weight excluding hydrogens is 362 g/mol. The van der Waals surface area contributed by atoms with Crippen LogP contribution in [-0.4, -0.2) is 23.1 Å². The number of oxazole rings is 2. The molecule has 0 aliphatic rings. The van der Waals surface area contributed by atoms with Crippen LogP contribution in [0.5, 0.6) is 0 Å². The molecule has 2 heterocycles. The van der Waals surface area contributed by atoms with Crippen molar-refractivity contribution >= 4 is 0 Å². The van der Waals surface area contributed by atoms with Crippen LogP contribution in [0.3, 0.4) is 0 Å². The Morgan fingerprint density at radius 3 is 1.48 bits per heavy atom. The summed E-state index contributed by atoms with van der Waals surface area (Å²) < 4.78 is 11.7. The minimum absolute atomic E-state index is 0.685. The fraction of sp³-hybridized carbons (Fsp3) is 0.250. The number of hydrogen-bond donors (Lipinski definition) is 1. The maximum atomic E-state index is 5.83. The minimum Gasteiger partial charge on any atom is -0.441 e. The van der Waals surface area contributed by atoms with Gasteiger partial charge < -0.3 is 14.2 Å². The molecular formula is C24H25N3O2. The fourth-order valence-corrected chi connectivity index (χ4v) is 3.27. The van der Waals surface area contributed by atoms with Gasteiger partial charge in [0.15, 0.2) is 0 Å². The van der Waals surface area contributed by atoms with Crippen LogP contribution >= 0.6 is 0 Å². The Labute approximate surface area is 170 Å². The van der Waals surface area contributed by atoms with Crippen LogP contribution < -0.4 is 5.32 Å². The van der Waals surface area contributed by atoms with Crippen molar-refractivity contribution in [2.45, 2.75) is 26.7 Å². The Kier molecular flexibility index (Phi) is 5.86. The molecule has 2 aromatic carbocycles. The Hall–Kier alpha value is -3.18. The first-order chi connectivity index (χ1) is 14.2. The number of aryl methyl sites for hydroxylation is 2. The lowest BCUT2D eigenvalue weighted by atomic mass is 10.2. The molecule has 0 fully saturated rings. The second-order valence-corrected chi connectivity index (χ2v) is 7.03. The van der Waals surface area contributed by atoms with Crippen LogP contribution in [0.4, 0.5) is 0 Å². The summed E-state index contributed by atoms with van der Waals surface area (Å²) in [5.41, 5.74) is 4.01. The van der Waals surface area contributed by atoms with Crippen LogP contribution in [0.2, 0.25) is 0 Å². The van der Waals surface area contributed by atoms with Crippen molar-refractivity contribution in [3.63, 3.8) is 0 Å². The molecule has 0 aliphatic carbocycles. The van der Waals surface area contributed by atoms with Gasteiger partial charge in [-0.05, 0) is 38.1 Å². The molecule has 0 aliphatic heterocycles. The highest BCUT2D eigenvalue weighted by molar-refractivity contribution is 5.54. The van der Waals surface area contributed by atoms with Crippen molar-refractivity contribution in [1.29, 1.82) is 0 Å².